The van der Waals surface area contributed by atoms with E-state index < -0.39 is 0 Å². The minimum atomic E-state index is 0.590. The Morgan fingerprint density at radius 3 is 2.95 bits per heavy atom. The van der Waals surface area contributed by atoms with Crippen molar-refractivity contribution in [3.63, 3.8) is 0 Å². The van der Waals surface area contributed by atoms with Gasteiger partial charge in [0.25, 0.3) is 0 Å². The molecule has 0 unspecified atom stereocenters. The van der Waals surface area contributed by atoms with Crippen LogP contribution >= 0.6 is 39.3 Å². The van der Waals surface area contributed by atoms with Crippen LogP contribution in [0.2, 0.25) is 5.02 Å². The van der Waals surface area contributed by atoms with Crippen LogP contribution in [-0.4, -0.2) is 17.3 Å². The van der Waals surface area contributed by atoms with Crippen molar-refractivity contribution >= 4 is 45.0 Å². The van der Waals surface area contributed by atoms with Gasteiger partial charge in [0, 0.05) is 21.9 Å². The predicted molar refractivity (Wildman–Crippen MR) is 84.0 cm³/mol. The third kappa shape index (κ3) is 4.30. The standard InChI is InChI=1S/C13H12BrClN2OS/c14-10-7-9(15)1-2-12(10)18-5-6-19-13-3-4-17-8-11(13)16/h1-4,7-8H,5-6,16H2. The van der Waals surface area contributed by atoms with Crippen LogP contribution in [0.4, 0.5) is 5.69 Å². The average Bonchev–Trinajstić information content (AvgIpc) is 2.38. The van der Waals surface area contributed by atoms with E-state index in [0.717, 1.165) is 20.9 Å². The second-order valence-corrected chi connectivity index (χ2v) is 6.11. The molecule has 0 radical (unpaired) electrons. The first kappa shape index (κ1) is 14.5. The molecule has 0 aliphatic heterocycles. The highest BCUT2D eigenvalue weighted by atomic mass is 79.9. The zero-order chi connectivity index (χ0) is 13.7. The van der Waals surface area contributed by atoms with Gasteiger partial charge in [-0.3, -0.25) is 4.98 Å². The number of anilines is 1. The number of thioether (sulfide) groups is 1. The smallest absolute Gasteiger partial charge is 0.133 e. The number of ether oxygens (including phenoxy) is 1. The first-order valence-corrected chi connectivity index (χ1v) is 7.72. The largest absolute Gasteiger partial charge is 0.492 e. The molecule has 3 nitrogen and oxygen atoms in total. The van der Waals surface area contributed by atoms with Crippen molar-refractivity contribution in [1.29, 1.82) is 0 Å². The Kier molecular flexibility index (Phi) is 5.36. The molecule has 2 aromatic rings. The van der Waals surface area contributed by atoms with Gasteiger partial charge in [-0.15, -0.1) is 11.8 Å². The summed E-state index contributed by atoms with van der Waals surface area (Å²) in [6.45, 7) is 0.590. The third-order valence-corrected chi connectivity index (χ3v) is 4.21. The maximum absolute atomic E-state index is 5.87. The summed E-state index contributed by atoms with van der Waals surface area (Å²) in [6.07, 6.45) is 3.38. The Bertz CT molecular complexity index is 568. The number of hydrogen-bond donors (Lipinski definition) is 1. The van der Waals surface area contributed by atoms with Crippen molar-refractivity contribution in [2.75, 3.05) is 18.1 Å². The second-order valence-electron chi connectivity index (χ2n) is 3.69. The molecule has 1 aromatic heterocycles. The summed E-state index contributed by atoms with van der Waals surface area (Å²) in [5.41, 5.74) is 6.50. The summed E-state index contributed by atoms with van der Waals surface area (Å²) in [5.74, 6) is 1.59. The highest BCUT2D eigenvalue weighted by molar-refractivity contribution is 9.10. The van der Waals surface area contributed by atoms with Gasteiger partial charge in [0.2, 0.25) is 0 Å². The van der Waals surface area contributed by atoms with E-state index in [9.17, 15) is 0 Å². The predicted octanol–water partition coefficient (Wildman–Crippen LogP) is 4.25. The van der Waals surface area contributed by atoms with Crippen molar-refractivity contribution in [2.24, 2.45) is 0 Å². The van der Waals surface area contributed by atoms with Gasteiger partial charge in [0.15, 0.2) is 0 Å². The topological polar surface area (TPSA) is 48.1 Å². The van der Waals surface area contributed by atoms with Gasteiger partial charge >= 0.3 is 0 Å². The van der Waals surface area contributed by atoms with Crippen LogP contribution in [0.3, 0.4) is 0 Å². The minimum absolute atomic E-state index is 0.590. The Labute approximate surface area is 129 Å². The molecule has 0 saturated carbocycles. The molecule has 0 fully saturated rings. The average molecular weight is 360 g/mol. The van der Waals surface area contributed by atoms with Crippen molar-refractivity contribution in [3.8, 4) is 5.75 Å². The SMILES string of the molecule is Nc1cnccc1SCCOc1ccc(Cl)cc1Br. The molecule has 0 aliphatic rings. The van der Waals surface area contributed by atoms with E-state index in [0.29, 0.717) is 17.3 Å². The number of benzene rings is 1. The summed E-state index contributed by atoms with van der Waals surface area (Å²) in [4.78, 5) is 4.97. The summed E-state index contributed by atoms with van der Waals surface area (Å²) in [5, 5.41) is 0.679. The number of nitrogen functional groups attached to an aromatic ring is 1. The maximum Gasteiger partial charge on any atom is 0.133 e. The maximum atomic E-state index is 5.87. The molecule has 1 heterocycles. The van der Waals surface area contributed by atoms with Crippen molar-refractivity contribution in [3.05, 3.63) is 46.2 Å². The highest BCUT2D eigenvalue weighted by Crippen LogP contribution is 2.28. The molecule has 0 aliphatic carbocycles. The van der Waals surface area contributed by atoms with E-state index in [4.69, 9.17) is 22.1 Å². The third-order valence-electron chi connectivity index (χ3n) is 2.30. The number of aromatic nitrogens is 1. The van der Waals surface area contributed by atoms with Crippen LogP contribution in [0.5, 0.6) is 5.75 Å². The lowest BCUT2D eigenvalue weighted by molar-refractivity contribution is 0.342. The number of nitrogens with zero attached hydrogens (tertiary/aromatic N) is 1. The molecule has 2 N–H and O–H groups in total. The number of pyridine rings is 1. The van der Waals surface area contributed by atoms with Crippen LogP contribution in [-0.2, 0) is 0 Å². The van der Waals surface area contributed by atoms with Gasteiger partial charge in [-0.05, 0) is 40.2 Å². The van der Waals surface area contributed by atoms with Gasteiger partial charge in [0.1, 0.15) is 5.75 Å². The minimum Gasteiger partial charge on any atom is -0.492 e. The molecule has 1 aromatic carbocycles. The molecule has 0 atom stereocenters. The van der Waals surface area contributed by atoms with E-state index in [1.54, 1.807) is 30.2 Å². The van der Waals surface area contributed by atoms with Crippen LogP contribution in [0.15, 0.2) is 46.0 Å². The molecule has 2 rings (SSSR count). The fourth-order valence-electron chi connectivity index (χ4n) is 1.42. The molecule has 0 amide bonds. The summed E-state index contributed by atoms with van der Waals surface area (Å²) in [7, 11) is 0. The monoisotopic (exact) mass is 358 g/mol. The fourth-order valence-corrected chi connectivity index (χ4v) is 2.98. The number of rotatable bonds is 5. The number of nitrogens with two attached hydrogens (primary N) is 1. The molecule has 0 spiro atoms. The lowest BCUT2D eigenvalue weighted by atomic mass is 10.3. The number of halogens is 2. The van der Waals surface area contributed by atoms with Crippen molar-refractivity contribution in [1.82, 2.24) is 4.98 Å². The second kappa shape index (κ2) is 7.03. The van der Waals surface area contributed by atoms with E-state index in [2.05, 4.69) is 20.9 Å². The van der Waals surface area contributed by atoms with Gasteiger partial charge in [-0.2, -0.15) is 0 Å². The molecule has 100 valence electrons. The zero-order valence-electron chi connectivity index (χ0n) is 9.98. The van der Waals surface area contributed by atoms with E-state index in [1.807, 2.05) is 18.2 Å². The van der Waals surface area contributed by atoms with Gasteiger partial charge in [-0.1, -0.05) is 11.6 Å². The van der Waals surface area contributed by atoms with Crippen LogP contribution in [0.1, 0.15) is 0 Å². The van der Waals surface area contributed by atoms with E-state index in [-0.39, 0.29) is 0 Å². The van der Waals surface area contributed by atoms with E-state index in [1.165, 1.54) is 0 Å². The Balaban J connectivity index is 1.83. The lowest BCUT2D eigenvalue weighted by Crippen LogP contribution is -2.01. The molecular formula is C13H12BrClN2OS. The highest BCUT2D eigenvalue weighted by Gasteiger charge is 2.03. The summed E-state index contributed by atoms with van der Waals surface area (Å²) in [6, 6.07) is 7.36. The summed E-state index contributed by atoms with van der Waals surface area (Å²) >= 11 is 10.9. The zero-order valence-corrected chi connectivity index (χ0v) is 13.1. The Morgan fingerprint density at radius 1 is 1.37 bits per heavy atom. The quantitative estimate of drug-likeness (QED) is 0.640. The van der Waals surface area contributed by atoms with E-state index >= 15 is 0 Å². The Hall–Kier alpha value is -0.910. The van der Waals surface area contributed by atoms with Crippen molar-refractivity contribution in [2.45, 2.75) is 4.90 Å². The first-order chi connectivity index (χ1) is 9.16. The normalized spacial score (nSPS) is 10.4. The van der Waals surface area contributed by atoms with Crippen LogP contribution < -0.4 is 10.5 Å². The molecule has 6 heteroatoms. The number of hydrogen-bond acceptors (Lipinski definition) is 4. The van der Waals surface area contributed by atoms with Crippen LogP contribution in [0, 0.1) is 0 Å². The van der Waals surface area contributed by atoms with Gasteiger partial charge in [0.05, 0.1) is 23.0 Å². The van der Waals surface area contributed by atoms with Gasteiger partial charge in [-0.25, -0.2) is 0 Å². The van der Waals surface area contributed by atoms with Crippen molar-refractivity contribution < 1.29 is 4.74 Å². The molecule has 0 bridgehead atoms. The molecular weight excluding hydrogens is 348 g/mol. The Morgan fingerprint density at radius 2 is 2.21 bits per heavy atom. The van der Waals surface area contributed by atoms with Gasteiger partial charge < -0.3 is 10.5 Å². The van der Waals surface area contributed by atoms with Crippen LogP contribution in [0.25, 0.3) is 0 Å². The fraction of sp³-hybridized carbons (Fsp3) is 0.154. The lowest BCUT2D eigenvalue weighted by Gasteiger charge is -2.09. The first-order valence-electron chi connectivity index (χ1n) is 5.57. The molecule has 0 saturated heterocycles. The molecule has 19 heavy (non-hydrogen) atoms. The summed E-state index contributed by atoms with van der Waals surface area (Å²) < 4.78 is 6.53.